The summed E-state index contributed by atoms with van der Waals surface area (Å²) in [5, 5.41) is 12.0. The Hall–Kier alpha value is -1.10. The number of carbonyl (C=O) groups excluding carboxylic acids is 1. The molecule has 86 valence electrons. The average molecular weight is 214 g/mol. The van der Waals surface area contributed by atoms with Gasteiger partial charge in [0.15, 0.2) is 0 Å². The van der Waals surface area contributed by atoms with Gasteiger partial charge in [0.05, 0.1) is 0 Å². The van der Waals surface area contributed by atoms with Crippen LogP contribution in [0.25, 0.3) is 0 Å². The molecule has 0 aromatic rings. The van der Waals surface area contributed by atoms with Crippen molar-refractivity contribution in [2.24, 2.45) is 5.92 Å². The monoisotopic (exact) mass is 214 g/mol. The van der Waals surface area contributed by atoms with Gasteiger partial charge in [0.1, 0.15) is 12.3 Å². The fourth-order valence-electron chi connectivity index (χ4n) is 1.85. The molecule has 0 bridgehead atoms. The quantitative estimate of drug-likeness (QED) is 0.714. The highest BCUT2D eigenvalue weighted by Crippen LogP contribution is 2.17. The fourth-order valence-corrected chi connectivity index (χ4v) is 1.85. The maximum Gasteiger partial charge on any atom is 0.422 e. The molecule has 0 saturated carbocycles. The second-order valence-electron chi connectivity index (χ2n) is 4.16. The first-order valence-electron chi connectivity index (χ1n) is 5.30. The van der Waals surface area contributed by atoms with Crippen LogP contribution in [0.1, 0.15) is 26.7 Å². The standard InChI is InChI=1S/C10H18N2O3/c1-8(2)9(7-13)12(10(14)15)11-5-3-4-6-11/h7-9H,3-6H2,1-2H3,(H,14,15). The summed E-state index contributed by atoms with van der Waals surface area (Å²) in [6, 6.07) is -0.569. The molecule has 1 fully saturated rings. The molecule has 1 aliphatic rings. The summed E-state index contributed by atoms with van der Waals surface area (Å²) >= 11 is 0. The molecule has 1 saturated heterocycles. The van der Waals surface area contributed by atoms with Crippen molar-refractivity contribution in [1.29, 1.82) is 0 Å². The number of nitrogens with zero attached hydrogens (tertiary/aromatic N) is 2. The summed E-state index contributed by atoms with van der Waals surface area (Å²) in [4.78, 5) is 22.0. The van der Waals surface area contributed by atoms with Crippen LogP contribution in [-0.2, 0) is 4.79 Å². The second kappa shape index (κ2) is 5.11. The first kappa shape index (κ1) is 12.0. The Morgan fingerprint density at radius 1 is 1.40 bits per heavy atom. The zero-order valence-corrected chi connectivity index (χ0v) is 9.22. The van der Waals surface area contributed by atoms with Crippen LogP contribution in [-0.4, -0.2) is 46.6 Å². The molecule has 15 heavy (non-hydrogen) atoms. The molecule has 1 unspecified atom stereocenters. The third-order valence-corrected chi connectivity index (χ3v) is 2.69. The van der Waals surface area contributed by atoms with Crippen LogP contribution in [0, 0.1) is 5.92 Å². The minimum atomic E-state index is -1.04. The third-order valence-electron chi connectivity index (χ3n) is 2.69. The lowest BCUT2D eigenvalue weighted by Gasteiger charge is -2.35. The van der Waals surface area contributed by atoms with Crippen molar-refractivity contribution in [2.75, 3.05) is 13.1 Å². The van der Waals surface area contributed by atoms with Crippen molar-refractivity contribution in [3.8, 4) is 0 Å². The first-order valence-corrected chi connectivity index (χ1v) is 5.30. The van der Waals surface area contributed by atoms with Crippen LogP contribution in [0.15, 0.2) is 0 Å². The van der Waals surface area contributed by atoms with E-state index in [1.54, 1.807) is 5.01 Å². The minimum absolute atomic E-state index is 0.000741. The van der Waals surface area contributed by atoms with Gasteiger partial charge in [-0.15, -0.1) is 0 Å². The number of rotatable bonds is 4. The lowest BCUT2D eigenvalue weighted by atomic mass is 10.1. The zero-order valence-electron chi connectivity index (χ0n) is 9.22. The van der Waals surface area contributed by atoms with Gasteiger partial charge in [-0.05, 0) is 18.8 Å². The van der Waals surface area contributed by atoms with Crippen LogP contribution < -0.4 is 0 Å². The first-order chi connectivity index (χ1) is 7.07. The van der Waals surface area contributed by atoms with E-state index in [1.165, 1.54) is 5.01 Å². The van der Waals surface area contributed by atoms with Crippen LogP contribution in [0.2, 0.25) is 0 Å². The number of carbonyl (C=O) groups is 2. The Labute approximate surface area is 89.6 Å². The van der Waals surface area contributed by atoms with Crippen molar-refractivity contribution >= 4 is 12.4 Å². The Bertz CT molecular complexity index is 237. The molecule has 0 aromatic carbocycles. The molecule has 0 aromatic heterocycles. The highest BCUT2D eigenvalue weighted by Gasteiger charge is 2.32. The van der Waals surface area contributed by atoms with Gasteiger partial charge in [0.25, 0.3) is 0 Å². The molecule has 1 heterocycles. The molecular weight excluding hydrogens is 196 g/mol. The van der Waals surface area contributed by atoms with Gasteiger partial charge in [-0.1, -0.05) is 13.8 Å². The van der Waals surface area contributed by atoms with Crippen LogP contribution >= 0.6 is 0 Å². The maximum atomic E-state index is 11.1. The largest absolute Gasteiger partial charge is 0.464 e. The molecule has 1 amide bonds. The Morgan fingerprint density at radius 3 is 2.27 bits per heavy atom. The van der Waals surface area contributed by atoms with Crippen molar-refractivity contribution in [1.82, 2.24) is 10.0 Å². The summed E-state index contributed by atoms with van der Waals surface area (Å²) in [6.45, 7) is 5.16. The van der Waals surface area contributed by atoms with Gasteiger partial charge in [-0.2, -0.15) is 0 Å². The lowest BCUT2D eigenvalue weighted by Crippen LogP contribution is -2.53. The van der Waals surface area contributed by atoms with Crippen LogP contribution in [0.4, 0.5) is 4.79 Å². The van der Waals surface area contributed by atoms with Crippen LogP contribution in [0.3, 0.4) is 0 Å². The number of carboxylic acid groups (broad SMARTS) is 1. The molecular formula is C10H18N2O3. The lowest BCUT2D eigenvalue weighted by molar-refractivity contribution is -0.120. The predicted molar refractivity (Wildman–Crippen MR) is 55.4 cm³/mol. The van der Waals surface area contributed by atoms with E-state index in [9.17, 15) is 9.59 Å². The number of hydrogen-bond donors (Lipinski definition) is 1. The van der Waals surface area contributed by atoms with E-state index in [2.05, 4.69) is 0 Å². The molecule has 1 N–H and O–H groups in total. The van der Waals surface area contributed by atoms with E-state index in [-0.39, 0.29) is 5.92 Å². The Morgan fingerprint density at radius 2 is 1.93 bits per heavy atom. The van der Waals surface area contributed by atoms with Gasteiger partial charge < -0.3 is 9.90 Å². The average Bonchev–Trinajstić information content (AvgIpc) is 2.64. The SMILES string of the molecule is CC(C)C(C=O)N(C(=O)O)N1CCCC1. The number of hydrogen-bond acceptors (Lipinski definition) is 3. The Balaban J connectivity index is 2.79. The maximum absolute atomic E-state index is 11.1. The highest BCUT2D eigenvalue weighted by molar-refractivity contribution is 5.71. The van der Waals surface area contributed by atoms with Gasteiger partial charge >= 0.3 is 6.09 Å². The summed E-state index contributed by atoms with van der Waals surface area (Å²) in [6.07, 6.45) is 1.67. The predicted octanol–water partition coefficient (Wildman–Crippen LogP) is 1.20. The smallest absolute Gasteiger partial charge is 0.422 e. The zero-order chi connectivity index (χ0) is 11.4. The van der Waals surface area contributed by atoms with E-state index in [0.717, 1.165) is 32.2 Å². The molecule has 1 rings (SSSR count). The van der Waals surface area contributed by atoms with Crippen molar-refractivity contribution in [3.63, 3.8) is 0 Å². The molecule has 1 atom stereocenters. The third kappa shape index (κ3) is 2.68. The van der Waals surface area contributed by atoms with Gasteiger partial charge in [-0.3, -0.25) is 0 Å². The van der Waals surface area contributed by atoms with E-state index in [0.29, 0.717) is 0 Å². The summed E-state index contributed by atoms with van der Waals surface area (Å²) in [5.74, 6) is -0.000741. The fraction of sp³-hybridized carbons (Fsp3) is 0.800. The van der Waals surface area contributed by atoms with Gasteiger partial charge in [0.2, 0.25) is 0 Å². The molecule has 0 radical (unpaired) electrons. The Kier molecular flexibility index (Phi) is 4.08. The molecule has 5 nitrogen and oxygen atoms in total. The van der Waals surface area contributed by atoms with Crippen LogP contribution in [0.5, 0.6) is 0 Å². The van der Waals surface area contributed by atoms with Crippen molar-refractivity contribution < 1.29 is 14.7 Å². The second-order valence-corrected chi connectivity index (χ2v) is 4.16. The van der Waals surface area contributed by atoms with Crippen molar-refractivity contribution in [3.05, 3.63) is 0 Å². The van der Waals surface area contributed by atoms with E-state index >= 15 is 0 Å². The number of amides is 1. The minimum Gasteiger partial charge on any atom is -0.464 e. The number of hydrazine groups is 1. The highest BCUT2D eigenvalue weighted by atomic mass is 16.4. The normalized spacial score (nSPS) is 19.1. The van der Waals surface area contributed by atoms with Crippen molar-refractivity contribution in [2.45, 2.75) is 32.7 Å². The van der Waals surface area contributed by atoms with E-state index in [4.69, 9.17) is 5.11 Å². The van der Waals surface area contributed by atoms with E-state index < -0.39 is 12.1 Å². The van der Waals surface area contributed by atoms with E-state index in [1.807, 2.05) is 13.8 Å². The molecule has 0 spiro atoms. The summed E-state index contributed by atoms with van der Waals surface area (Å²) < 4.78 is 0. The van der Waals surface area contributed by atoms with Gasteiger partial charge in [-0.25, -0.2) is 14.8 Å². The summed E-state index contributed by atoms with van der Waals surface area (Å²) in [7, 11) is 0. The summed E-state index contributed by atoms with van der Waals surface area (Å²) in [5.41, 5.74) is 0. The molecule has 1 aliphatic heterocycles. The van der Waals surface area contributed by atoms with Gasteiger partial charge in [0, 0.05) is 13.1 Å². The molecule has 5 heteroatoms. The number of aldehydes is 1. The molecule has 0 aliphatic carbocycles. The topological polar surface area (TPSA) is 60.9 Å².